The van der Waals surface area contributed by atoms with Crippen LogP contribution in [0.3, 0.4) is 0 Å². The minimum atomic E-state index is -0.332. The zero-order valence-electron chi connectivity index (χ0n) is 13.9. The third-order valence-corrected chi connectivity index (χ3v) is 5.03. The molecular weight excluding hydrogens is 309 g/mol. The molecule has 24 heavy (non-hydrogen) atoms. The fourth-order valence-electron chi connectivity index (χ4n) is 3.60. The molecule has 6 heteroatoms. The Labute approximate surface area is 141 Å². The molecule has 0 radical (unpaired) electrons. The third kappa shape index (κ3) is 3.86. The fraction of sp³-hybridized carbons (Fsp3) is 0.556. The number of nitrogens with one attached hydrogen (secondary N) is 2. The quantitative estimate of drug-likeness (QED) is 0.893. The van der Waals surface area contributed by atoms with E-state index in [9.17, 15) is 14.0 Å². The van der Waals surface area contributed by atoms with Crippen LogP contribution in [0.5, 0.6) is 0 Å². The highest BCUT2D eigenvalue weighted by Gasteiger charge is 2.32. The molecule has 5 nitrogen and oxygen atoms in total. The second kappa shape index (κ2) is 7.20. The number of urea groups is 1. The molecular formula is C18H24FN3O2. The highest BCUT2D eigenvalue weighted by Crippen LogP contribution is 2.24. The average molecular weight is 333 g/mol. The van der Waals surface area contributed by atoms with Gasteiger partial charge in [0.15, 0.2) is 0 Å². The van der Waals surface area contributed by atoms with Gasteiger partial charge in [0.05, 0.1) is 6.04 Å². The maximum absolute atomic E-state index is 13.0. The van der Waals surface area contributed by atoms with Gasteiger partial charge in [-0.25, -0.2) is 9.18 Å². The normalized spacial score (nSPS) is 27.2. The Morgan fingerprint density at radius 3 is 2.58 bits per heavy atom. The molecule has 1 heterocycles. The molecule has 3 rings (SSSR count). The van der Waals surface area contributed by atoms with Crippen molar-refractivity contribution >= 4 is 17.6 Å². The van der Waals surface area contributed by atoms with Crippen molar-refractivity contribution in [3.8, 4) is 0 Å². The predicted octanol–water partition coefficient (Wildman–Crippen LogP) is 2.81. The number of nitrogens with zero attached hydrogens (tertiary/aromatic N) is 1. The molecule has 1 aromatic rings. The topological polar surface area (TPSA) is 61.4 Å². The molecule has 2 aliphatic rings. The van der Waals surface area contributed by atoms with Gasteiger partial charge in [-0.2, -0.15) is 0 Å². The summed E-state index contributed by atoms with van der Waals surface area (Å²) >= 11 is 0. The van der Waals surface area contributed by atoms with Gasteiger partial charge < -0.3 is 15.5 Å². The maximum atomic E-state index is 13.0. The van der Waals surface area contributed by atoms with Gasteiger partial charge in [-0.05, 0) is 43.0 Å². The number of carbonyl (C=O) groups is 2. The van der Waals surface area contributed by atoms with Crippen LogP contribution < -0.4 is 15.5 Å². The monoisotopic (exact) mass is 333 g/mol. The minimum absolute atomic E-state index is 0.0575. The molecule has 1 aliphatic carbocycles. The van der Waals surface area contributed by atoms with Crippen LogP contribution in [0.1, 0.15) is 39.0 Å². The van der Waals surface area contributed by atoms with Crippen LogP contribution in [-0.4, -0.2) is 30.6 Å². The Hall–Kier alpha value is -2.11. The zero-order chi connectivity index (χ0) is 17.1. The van der Waals surface area contributed by atoms with Gasteiger partial charge in [-0.15, -0.1) is 0 Å². The summed E-state index contributed by atoms with van der Waals surface area (Å²) in [6, 6.07) is 5.62. The second-order valence-corrected chi connectivity index (χ2v) is 6.87. The summed E-state index contributed by atoms with van der Waals surface area (Å²) in [5, 5.41) is 5.94. The summed E-state index contributed by atoms with van der Waals surface area (Å²) in [5.74, 6) is 0.101. The second-order valence-electron chi connectivity index (χ2n) is 6.87. The van der Waals surface area contributed by atoms with Crippen molar-refractivity contribution in [2.24, 2.45) is 5.92 Å². The summed E-state index contributed by atoms with van der Waals surface area (Å²) in [4.78, 5) is 26.0. The number of halogens is 1. The number of rotatable bonds is 3. The van der Waals surface area contributed by atoms with Crippen LogP contribution >= 0.6 is 0 Å². The molecule has 130 valence electrons. The first-order valence-electron chi connectivity index (χ1n) is 8.66. The number of anilines is 1. The Morgan fingerprint density at radius 1 is 1.17 bits per heavy atom. The van der Waals surface area contributed by atoms with Gasteiger partial charge in [0.25, 0.3) is 0 Å². The van der Waals surface area contributed by atoms with Crippen LogP contribution in [0, 0.1) is 11.7 Å². The molecule has 1 aromatic carbocycles. The zero-order valence-corrected chi connectivity index (χ0v) is 13.9. The van der Waals surface area contributed by atoms with Gasteiger partial charge in [0.2, 0.25) is 5.91 Å². The van der Waals surface area contributed by atoms with Gasteiger partial charge in [-0.1, -0.05) is 19.8 Å². The lowest BCUT2D eigenvalue weighted by atomic mass is 9.86. The van der Waals surface area contributed by atoms with E-state index in [-0.39, 0.29) is 36.3 Å². The first kappa shape index (κ1) is 16.7. The molecule has 0 aromatic heterocycles. The van der Waals surface area contributed by atoms with Crippen molar-refractivity contribution in [1.82, 2.24) is 10.6 Å². The molecule has 0 spiro atoms. The van der Waals surface area contributed by atoms with Gasteiger partial charge in [-0.3, -0.25) is 4.79 Å². The summed E-state index contributed by atoms with van der Waals surface area (Å²) in [6.45, 7) is 2.58. The summed E-state index contributed by atoms with van der Waals surface area (Å²) in [5.41, 5.74) is 0.659. The van der Waals surface area contributed by atoms with Crippen LogP contribution in [0.4, 0.5) is 14.9 Å². The van der Waals surface area contributed by atoms with E-state index >= 15 is 0 Å². The lowest BCUT2D eigenvalue weighted by Crippen LogP contribution is -2.49. The minimum Gasteiger partial charge on any atom is -0.335 e. The molecule has 1 saturated carbocycles. The summed E-state index contributed by atoms with van der Waals surface area (Å²) in [6.07, 6.45) is 4.80. The van der Waals surface area contributed by atoms with Crippen molar-refractivity contribution in [3.63, 3.8) is 0 Å². The van der Waals surface area contributed by atoms with E-state index in [1.807, 2.05) is 0 Å². The van der Waals surface area contributed by atoms with Crippen molar-refractivity contribution in [2.45, 2.75) is 51.1 Å². The van der Waals surface area contributed by atoms with E-state index < -0.39 is 0 Å². The maximum Gasteiger partial charge on any atom is 0.315 e. The number of hydrogen-bond acceptors (Lipinski definition) is 2. The number of hydrogen-bond donors (Lipinski definition) is 2. The average Bonchev–Trinajstić information content (AvgIpc) is 2.90. The smallest absolute Gasteiger partial charge is 0.315 e. The fourth-order valence-corrected chi connectivity index (χ4v) is 3.60. The van der Waals surface area contributed by atoms with Crippen LogP contribution in [-0.2, 0) is 4.79 Å². The standard InChI is InChI=1S/C18H24FN3O2/c1-12-4-2-3-5-16(12)21-18(24)20-14-10-17(23)22(11-14)15-8-6-13(19)7-9-15/h6-9,12,14,16H,2-5,10-11H2,1H3,(H2,20,21,24)/t12-,14-,16-/m1/s1. The molecule has 1 saturated heterocycles. The van der Waals surface area contributed by atoms with E-state index in [1.54, 1.807) is 17.0 Å². The van der Waals surface area contributed by atoms with Crippen molar-refractivity contribution in [3.05, 3.63) is 30.1 Å². The molecule has 3 atom stereocenters. The van der Waals surface area contributed by atoms with E-state index in [1.165, 1.54) is 18.6 Å². The predicted molar refractivity (Wildman–Crippen MR) is 90.2 cm³/mol. The Bertz CT molecular complexity index is 605. The Morgan fingerprint density at radius 2 is 1.88 bits per heavy atom. The molecule has 3 amide bonds. The highest BCUT2D eigenvalue weighted by molar-refractivity contribution is 5.96. The number of carbonyl (C=O) groups excluding carboxylic acids is 2. The lowest BCUT2D eigenvalue weighted by Gasteiger charge is -2.30. The van der Waals surface area contributed by atoms with E-state index in [0.29, 0.717) is 18.2 Å². The van der Waals surface area contributed by atoms with Crippen molar-refractivity contribution < 1.29 is 14.0 Å². The summed E-state index contributed by atoms with van der Waals surface area (Å²) in [7, 11) is 0. The SMILES string of the molecule is C[C@@H]1CCCC[C@H]1NC(=O)N[C@@H]1CC(=O)N(c2ccc(F)cc2)C1. The van der Waals surface area contributed by atoms with E-state index in [4.69, 9.17) is 0 Å². The molecule has 1 aliphatic heterocycles. The van der Waals surface area contributed by atoms with E-state index in [2.05, 4.69) is 17.6 Å². The van der Waals surface area contributed by atoms with Crippen LogP contribution in [0.2, 0.25) is 0 Å². The molecule has 0 bridgehead atoms. The Kier molecular flexibility index (Phi) is 5.02. The van der Waals surface area contributed by atoms with Crippen LogP contribution in [0.15, 0.2) is 24.3 Å². The Balaban J connectivity index is 1.54. The summed E-state index contributed by atoms with van der Waals surface area (Å²) < 4.78 is 13.0. The van der Waals surface area contributed by atoms with Gasteiger partial charge in [0, 0.05) is 24.7 Å². The number of benzene rings is 1. The van der Waals surface area contributed by atoms with Gasteiger partial charge >= 0.3 is 6.03 Å². The van der Waals surface area contributed by atoms with E-state index in [0.717, 1.165) is 19.3 Å². The largest absolute Gasteiger partial charge is 0.335 e. The first-order valence-corrected chi connectivity index (χ1v) is 8.66. The third-order valence-electron chi connectivity index (χ3n) is 5.03. The first-order chi connectivity index (χ1) is 11.5. The van der Waals surface area contributed by atoms with Gasteiger partial charge in [0.1, 0.15) is 5.82 Å². The number of amides is 3. The van der Waals surface area contributed by atoms with Crippen molar-refractivity contribution in [1.29, 1.82) is 0 Å². The van der Waals surface area contributed by atoms with Crippen LogP contribution in [0.25, 0.3) is 0 Å². The lowest BCUT2D eigenvalue weighted by molar-refractivity contribution is -0.117. The molecule has 2 N–H and O–H groups in total. The molecule has 0 unspecified atom stereocenters. The molecule has 2 fully saturated rings. The van der Waals surface area contributed by atoms with Crippen molar-refractivity contribution in [2.75, 3.05) is 11.4 Å². The highest BCUT2D eigenvalue weighted by atomic mass is 19.1.